The molecule has 0 aliphatic rings. The minimum atomic E-state index is -0.998. The topological polar surface area (TPSA) is 71.5 Å². The molecule has 5 nitrogen and oxygen atoms in total. The van der Waals surface area contributed by atoms with Crippen molar-refractivity contribution in [2.24, 2.45) is 0 Å². The predicted molar refractivity (Wildman–Crippen MR) is 82.4 cm³/mol. The standard InChI is InChI=1S/C15H17FN2O3S/c1-15(2,3)21-14(20)18-13-17-8-11(22-13)12(19)9-5-4-6-10(16)7-9/h4-8,12,19H,1-3H3,(H,17,18,20). The van der Waals surface area contributed by atoms with E-state index in [9.17, 15) is 14.3 Å². The molecule has 1 atom stereocenters. The Hall–Kier alpha value is -1.99. The Morgan fingerprint density at radius 1 is 1.45 bits per heavy atom. The molecular formula is C15H17FN2O3S. The highest BCUT2D eigenvalue weighted by molar-refractivity contribution is 7.15. The van der Waals surface area contributed by atoms with E-state index in [1.807, 2.05) is 0 Å². The summed E-state index contributed by atoms with van der Waals surface area (Å²) in [5, 5.41) is 13.0. The molecule has 2 aromatic rings. The summed E-state index contributed by atoms with van der Waals surface area (Å²) in [6.07, 6.45) is -0.177. The van der Waals surface area contributed by atoms with Gasteiger partial charge in [0.25, 0.3) is 0 Å². The lowest BCUT2D eigenvalue weighted by Crippen LogP contribution is -2.27. The molecule has 1 aromatic heterocycles. The first-order valence-corrected chi connectivity index (χ1v) is 7.45. The summed E-state index contributed by atoms with van der Waals surface area (Å²) in [4.78, 5) is 16.1. The first-order chi connectivity index (χ1) is 10.2. The fourth-order valence-corrected chi connectivity index (χ4v) is 2.52. The zero-order valence-corrected chi connectivity index (χ0v) is 13.3. The third kappa shape index (κ3) is 4.51. The van der Waals surface area contributed by atoms with Crippen molar-refractivity contribution in [1.29, 1.82) is 0 Å². The molecule has 0 bridgehead atoms. The van der Waals surface area contributed by atoms with Crippen LogP contribution in [0, 0.1) is 5.82 Å². The van der Waals surface area contributed by atoms with Gasteiger partial charge in [0.2, 0.25) is 0 Å². The number of ether oxygens (including phenoxy) is 1. The van der Waals surface area contributed by atoms with E-state index in [0.29, 0.717) is 15.6 Å². The number of aliphatic hydroxyl groups is 1. The molecule has 0 radical (unpaired) electrons. The van der Waals surface area contributed by atoms with Crippen LogP contribution in [0.25, 0.3) is 0 Å². The fourth-order valence-electron chi connectivity index (χ4n) is 1.70. The largest absolute Gasteiger partial charge is 0.444 e. The van der Waals surface area contributed by atoms with Gasteiger partial charge in [-0.1, -0.05) is 23.5 Å². The van der Waals surface area contributed by atoms with Crippen molar-refractivity contribution < 1.29 is 19.0 Å². The van der Waals surface area contributed by atoms with Crippen LogP contribution in [0.15, 0.2) is 30.5 Å². The first-order valence-electron chi connectivity index (χ1n) is 6.64. The summed E-state index contributed by atoms with van der Waals surface area (Å²) in [7, 11) is 0. The van der Waals surface area contributed by atoms with Crippen LogP contribution in [0.2, 0.25) is 0 Å². The number of benzene rings is 1. The Kier molecular flexibility index (Phi) is 4.77. The van der Waals surface area contributed by atoms with Crippen molar-refractivity contribution in [2.45, 2.75) is 32.5 Å². The Bertz CT molecular complexity index is 667. The molecule has 1 aromatic carbocycles. The molecule has 1 heterocycles. The van der Waals surface area contributed by atoms with Gasteiger partial charge >= 0.3 is 6.09 Å². The van der Waals surface area contributed by atoms with Crippen molar-refractivity contribution in [1.82, 2.24) is 4.98 Å². The molecule has 118 valence electrons. The van der Waals surface area contributed by atoms with E-state index >= 15 is 0 Å². The van der Waals surface area contributed by atoms with Crippen LogP contribution in [0.1, 0.15) is 37.3 Å². The summed E-state index contributed by atoms with van der Waals surface area (Å²) >= 11 is 1.10. The monoisotopic (exact) mass is 324 g/mol. The maximum Gasteiger partial charge on any atom is 0.413 e. The number of carbonyl (C=O) groups excluding carboxylic acids is 1. The van der Waals surface area contributed by atoms with Gasteiger partial charge in [0, 0.05) is 6.20 Å². The lowest BCUT2D eigenvalue weighted by atomic mass is 10.1. The van der Waals surface area contributed by atoms with E-state index in [1.54, 1.807) is 26.8 Å². The molecule has 1 unspecified atom stereocenters. The van der Waals surface area contributed by atoms with Crippen molar-refractivity contribution >= 4 is 22.6 Å². The molecule has 0 aliphatic heterocycles. The molecular weight excluding hydrogens is 307 g/mol. The number of thiazole rings is 1. The van der Waals surface area contributed by atoms with Crippen LogP contribution >= 0.6 is 11.3 Å². The van der Waals surface area contributed by atoms with E-state index in [2.05, 4.69) is 10.3 Å². The summed E-state index contributed by atoms with van der Waals surface area (Å²) in [6.45, 7) is 5.27. The predicted octanol–water partition coefficient (Wildman–Crippen LogP) is 3.71. The molecule has 0 saturated heterocycles. The second kappa shape index (κ2) is 6.41. The van der Waals surface area contributed by atoms with E-state index in [1.165, 1.54) is 24.4 Å². The average molecular weight is 324 g/mol. The van der Waals surface area contributed by atoms with Gasteiger partial charge in [-0.05, 0) is 38.5 Å². The minimum Gasteiger partial charge on any atom is -0.444 e. The number of aliphatic hydroxyl groups excluding tert-OH is 1. The van der Waals surface area contributed by atoms with Gasteiger partial charge in [-0.2, -0.15) is 0 Å². The van der Waals surface area contributed by atoms with Crippen LogP contribution in [0.5, 0.6) is 0 Å². The lowest BCUT2D eigenvalue weighted by Gasteiger charge is -2.18. The minimum absolute atomic E-state index is 0.305. The number of anilines is 1. The quantitative estimate of drug-likeness (QED) is 0.903. The van der Waals surface area contributed by atoms with Crippen molar-refractivity contribution in [3.05, 3.63) is 46.7 Å². The highest BCUT2D eigenvalue weighted by Crippen LogP contribution is 2.29. The maximum absolute atomic E-state index is 13.2. The number of carbonyl (C=O) groups is 1. The summed E-state index contributed by atoms with van der Waals surface area (Å²) < 4.78 is 18.3. The van der Waals surface area contributed by atoms with Gasteiger partial charge in [0.15, 0.2) is 5.13 Å². The van der Waals surface area contributed by atoms with Crippen LogP contribution in [-0.2, 0) is 4.74 Å². The van der Waals surface area contributed by atoms with E-state index in [0.717, 1.165) is 11.3 Å². The number of nitrogens with zero attached hydrogens (tertiary/aromatic N) is 1. The Morgan fingerprint density at radius 3 is 2.82 bits per heavy atom. The smallest absolute Gasteiger partial charge is 0.413 e. The molecule has 22 heavy (non-hydrogen) atoms. The van der Waals surface area contributed by atoms with Crippen LogP contribution in [0.3, 0.4) is 0 Å². The van der Waals surface area contributed by atoms with Gasteiger partial charge in [-0.15, -0.1) is 0 Å². The van der Waals surface area contributed by atoms with E-state index in [-0.39, 0.29) is 0 Å². The number of halogens is 1. The van der Waals surface area contributed by atoms with E-state index in [4.69, 9.17) is 4.74 Å². The van der Waals surface area contributed by atoms with Crippen LogP contribution in [-0.4, -0.2) is 21.8 Å². The number of hydrogen-bond donors (Lipinski definition) is 2. The SMILES string of the molecule is CC(C)(C)OC(=O)Nc1ncc(C(O)c2cccc(F)c2)s1. The van der Waals surface area contributed by atoms with Gasteiger partial charge in [-0.3, -0.25) is 5.32 Å². The number of hydrogen-bond acceptors (Lipinski definition) is 5. The van der Waals surface area contributed by atoms with Crippen LogP contribution < -0.4 is 5.32 Å². The van der Waals surface area contributed by atoms with Gasteiger partial charge in [0.05, 0.1) is 4.88 Å². The number of rotatable bonds is 3. The summed E-state index contributed by atoms with van der Waals surface area (Å²) in [6, 6.07) is 5.70. The number of nitrogens with one attached hydrogen (secondary N) is 1. The Morgan fingerprint density at radius 2 is 2.18 bits per heavy atom. The lowest BCUT2D eigenvalue weighted by molar-refractivity contribution is 0.0636. The average Bonchev–Trinajstić information content (AvgIpc) is 2.84. The van der Waals surface area contributed by atoms with Crippen LogP contribution in [0.4, 0.5) is 14.3 Å². The van der Waals surface area contributed by atoms with Crippen molar-refractivity contribution in [2.75, 3.05) is 5.32 Å². The first kappa shape index (κ1) is 16.4. The molecule has 0 aliphatic carbocycles. The fraction of sp³-hybridized carbons (Fsp3) is 0.333. The Labute approximate surface area is 131 Å². The highest BCUT2D eigenvalue weighted by Gasteiger charge is 2.19. The zero-order chi connectivity index (χ0) is 16.3. The molecule has 0 spiro atoms. The normalized spacial score (nSPS) is 12.8. The summed E-state index contributed by atoms with van der Waals surface area (Å²) in [5.74, 6) is -0.423. The zero-order valence-electron chi connectivity index (χ0n) is 12.5. The second-order valence-corrected chi connectivity index (χ2v) is 6.71. The molecule has 2 rings (SSSR count). The third-order valence-corrected chi connectivity index (χ3v) is 3.53. The molecule has 1 amide bonds. The van der Waals surface area contributed by atoms with Gasteiger partial charge < -0.3 is 9.84 Å². The highest BCUT2D eigenvalue weighted by atomic mass is 32.1. The van der Waals surface area contributed by atoms with Gasteiger partial charge in [-0.25, -0.2) is 14.2 Å². The second-order valence-electron chi connectivity index (χ2n) is 5.65. The number of aromatic nitrogens is 1. The van der Waals surface area contributed by atoms with Crippen molar-refractivity contribution in [3.8, 4) is 0 Å². The Balaban J connectivity index is 2.06. The molecule has 0 saturated carbocycles. The molecule has 2 N–H and O–H groups in total. The van der Waals surface area contributed by atoms with Crippen molar-refractivity contribution in [3.63, 3.8) is 0 Å². The maximum atomic E-state index is 13.2. The molecule has 0 fully saturated rings. The third-order valence-electron chi connectivity index (χ3n) is 2.57. The van der Waals surface area contributed by atoms with E-state index < -0.39 is 23.6 Å². The number of amides is 1. The molecule has 7 heteroatoms. The summed E-state index contributed by atoms with van der Waals surface area (Å²) in [5.41, 5.74) is -0.182. The van der Waals surface area contributed by atoms with Gasteiger partial charge in [0.1, 0.15) is 17.5 Å².